The van der Waals surface area contributed by atoms with Gasteiger partial charge in [0.15, 0.2) is 0 Å². The quantitative estimate of drug-likeness (QED) is 0.715. The van der Waals surface area contributed by atoms with E-state index in [0.29, 0.717) is 16.2 Å². The number of hydrogen-bond acceptors (Lipinski definition) is 3. The number of aromatic nitrogens is 2. The first kappa shape index (κ1) is 11.1. The molecule has 2 rings (SSSR count). The highest BCUT2D eigenvalue weighted by atomic mass is 35.5. The minimum atomic E-state index is 0.328. The molecule has 1 aromatic heterocycles. The van der Waals surface area contributed by atoms with Crippen LogP contribution in [0.25, 0.3) is 0 Å². The van der Waals surface area contributed by atoms with E-state index >= 15 is 0 Å². The molecule has 1 aromatic rings. The first-order valence-corrected chi connectivity index (χ1v) is 5.71. The van der Waals surface area contributed by atoms with Crippen molar-refractivity contribution in [2.45, 2.75) is 25.7 Å². The molecule has 82 valence electrons. The van der Waals surface area contributed by atoms with Crippen molar-refractivity contribution < 1.29 is 4.74 Å². The molecule has 0 spiro atoms. The maximum atomic E-state index is 5.97. The third-order valence-corrected chi connectivity index (χ3v) is 3.37. The summed E-state index contributed by atoms with van der Waals surface area (Å²) in [6.45, 7) is 3.34. The SMILES string of the molecule is Cc1c(Cl)nc(C2CCOCC2)nc1Cl. The van der Waals surface area contributed by atoms with Crippen molar-refractivity contribution in [3.05, 3.63) is 21.7 Å². The Balaban J connectivity index is 2.27. The Hall–Kier alpha value is -0.380. The fraction of sp³-hybridized carbons (Fsp3) is 0.600. The average Bonchev–Trinajstić information content (AvgIpc) is 2.26. The molecular weight excluding hydrogens is 235 g/mol. The van der Waals surface area contributed by atoms with Crippen LogP contribution in [0, 0.1) is 6.92 Å². The average molecular weight is 247 g/mol. The van der Waals surface area contributed by atoms with Crippen molar-refractivity contribution in [1.82, 2.24) is 9.97 Å². The zero-order valence-electron chi connectivity index (χ0n) is 8.46. The molecular formula is C10H12Cl2N2O. The standard InChI is InChI=1S/C10H12Cl2N2O/c1-6-8(11)13-10(14-9(6)12)7-2-4-15-5-3-7/h7H,2-5H2,1H3. The second kappa shape index (κ2) is 4.64. The molecule has 1 aliphatic heterocycles. The number of ether oxygens (including phenoxy) is 1. The Morgan fingerprint density at radius 2 is 1.67 bits per heavy atom. The molecule has 5 heteroatoms. The fourth-order valence-corrected chi connectivity index (χ4v) is 2.02. The molecule has 0 saturated carbocycles. The van der Waals surface area contributed by atoms with Gasteiger partial charge < -0.3 is 4.74 Å². The summed E-state index contributed by atoms with van der Waals surface area (Å²) in [5.41, 5.74) is 0.745. The van der Waals surface area contributed by atoms with Crippen LogP contribution in [0.15, 0.2) is 0 Å². The molecule has 0 atom stereocenters. The Kier molecular flexibility index (Phi) is 3.44. The van der Waals surface area contributed by atoms with E-state index in [1.807, 2.05) is 6.92 Å². The Morgan fingerprint density at radius 3 is 2.20 bits per heavy atom. The Labute approximate surface area is 98.8 Å². The molecule has 0 radical (unpaired) electrons. The van der Waals surface area contributed by atoms with Gasteiger partial charge >= 0.3 is 0 Å². The Morgan fingerprint density at radius 1 is 1.13 bits per heavy atom. The number of nitrogens with zero attached hydrogens (tertiary/aromatic N) is 2. The van der Waals surface area contributed by atoms with Crippen LogP contribution >= 0.6 is 23.2 Å². The summed E-state index contributed by atoms with van der Waals surface area (Å²) in [5.74, 6) is 1.08. The van der Waals surface area contributed by atoms with Gasteiger partial charge in [-0.25, -0.2) is 9.97 Å². The van der Waals surface area contributed by atoms with Crippen molar-refractivity contribution in [3.8, 4) is 0 Å². The largest absolute Gasteiger partial charge is 0.381 e. The van der Waals surface area contributed by atoms with E-state index in [1.165, 1.54) is 0 Å². The first-order chi connectivity index (χ1) is 7.18. The van der Waals surface area contributed by atoms with E-state index in [9.17, 15) is 0 Å². The summed E-state index contributed by atoms with van der Waals surface area (Å²) in [6.07, 6.45) is 1.88. The van der Waals surface area contributed by atoms with E-state index in [-0.39, 0.29) is 0 Å². The third-order valence-electron chi connectivity index (χ3n) is 2.63. The lowest BCUT2D eigenvalue weighted by Gasteiger charge is -2.21. The van der Waals surface area contributed by atoms with Gasteiger partial charge in [0.25, 0.3) is 0 Å². The number of hydrogen-bond donors (Lipinski definition) is 0. The predicted molar refractivity (Wildman–Crippen MR) is 59.6 cm³/mol. The summed E-state index contributed by atoms with van der Waals surface area (Å²) in [7, 11) is 0. The second-order valence-electron chi connectivity index (χ2n) is 3.68. The van der Waals surface area contributed by atoms with Gasteiger partial charge in [0, 0.05) is 24.7 Å². The molecule has 15 heavy (non-hydrogen) atoms. The van der Waals surface area contributed by atoms with Crippen LogP contribution < -0.4 is 0 Å². The van der Waals surface area contributed by atoms with E-state index in [0.717, 1.165) is 37.4 Å². The zero-order valence-corrected chi connectivity index (χ0v) is 9.98. The molecule has 0 aromatic carbocycles. The van der Waals surface area contributed by atoms with Crippen LogP contribution in [0.2, 0.25) is 10.3 Å². The van der Waals surface area contributed by atoms with Gasteiger partial charge in [-0.15, -0.1) is 0 Å². The van der Waals surface area contributed by atoms with Gasteiger partial charge in [0.05, 0.1) is 0 Å². The molecule has 2 heterocycles. The normalized spacial score (nSPS) is 18.1. The second-order valence-corrected chi connectivity index (χ2v) is 4.39. The van der Waals surface area contributed by atoms with Gasteiger partial charge in [-0.3, -0.25) is 0 Å². The van der Waals surface area contributed by atoms with Crippen molar-refractivity contribution in [2.24, 2.45) is 0 Å². The summed E-state index contributed by atoms with van der Waals surface area (Å²) >= 11 is 11.9. The molecule has 1 aliphatic rings. The highest BCUT2D eigenvalue weighted by Crippen LogP contribution is 2.28. The molecule has 0 bridgehead atoms. The topological polar surface area (TPSA) is 35.0 Å². The molecule has 3 nitrogen and oxygen atoms in total. The minimum absolute atomic E-state index is 0.328. The maximum absolute atomic E-state index is 5.97. The Bertz CT molecular complexity index is 341. The van der Waals surface area contributed by atoms with Crippen LogP contribution in [-0.2, 0) is 4.74 Å². The molecule has 0 unspecified atom stereocenters. The zero-order chi connectivity index (χ0) is 10.8. The van der Waals surface area contributed by atoms with E-state index < -0.39 is 0 Å². The highest BCUT2D eigenvalue weighted by molar-refractivity contribution is 6.34. The molecule has 0 amide bonds. The summed E-state index contributed by atoms with van der Waals surface area (Å²) < 4.78 is 5.28. The van der Waals surface area contributed by atoms with Crippen molar-refractivity contribution >= 4 is 23.2 Å². The van der Waals surface area contributed by atoms with Crippen LogP contribution in [0.3, 0.4) is 0 Å². The highest BCUT2D eigenvalue weighted by Gasteiger charge is 2.20. The van der Waals surface area contributed by atoms with Crippen molar-refractivity contribution in [2.75, 3.05) is 13.2 Å². The third kappa shape index (κ3) is 2.41. The summed E-state index contributed by atoms with van der Waals surface area (Å²) in [4.78, 5) is 8.54. The van der Waals surface area contributed by atoms with Crippen molar-refractivity contribution in [1.29, 1.82) is 0 Å². The minimum Gasteiger partial charge on any atom is -0.381 e. The lowest BCUT2D eigenvalue weighted by atomic mass is 9.99. The molecule has 0 N–H and O–H groups in total. The van der Waals surface area contributed by atoms with Crippen LogP contribution in [-0.4, -0.2) is 23.2 Å². The molecule has 0 aliphatic carbocycles. The van der Waals surface area contributed by atoms with Gasteiger partial charge in [0.2, 0.25) is 0 Å². The van der Waals surface area contributed by atoms with Crippen LogP contribution in [0.4, 0.5) is 0 Å². The van der Waals surface area contributed by atoms with Gasteiger partial charge in [-0.05, 0) is 19.8 Å². The summed E-state index contributed by atoms with van der Waals surface area (Å²) in [5, 5.41) is 0.910. The first-order valence-electron chi connectivity index (χ1n) is 4.95. The lowest BCUT2D eigenvalue weighted by Crippen LogP contribution is -2.16. The monoisotopic (exact) mass is 246 g/mol. The molecule has 1 fully saturated rings. The van der Waals surface area contributed by atoms with Gasteiger partial charge in [-0.1, -0.05) is 23.2 Å². The van der Waals surface area contributed by atoms with Crippen molar-refractivity contribution in [3.63, 3.8) is 0 Å². The lowest BCUT2D eigenvalue weighted by molar-refractivity contribution is 0.0836. The smallest absolute Gasteiger partial charge is 0.137 e. The van der Waals surface area contributed by atoms with Crippen LogP contribution in [0.5, 0.6) is 0 Å². The van der Waals surface area contributed by atoms with Gasteiger partial charge in [-0.2, -0.15) is 0 Å². The number of halogens is 2. The summed E-state index contributed by atoms with van der Waals surface area (Å²) in [6, 6.07) is 0. The van der Waals surface area contributed by atoms with Crippen LogP contribution in [0.1, 0.15) is 30.1 Å². The maximum Gasteiger partial charge on any atom is 0.137 e. The van der Waals surface area contributed by atoms with E-state index in [2.05, 4.69) is 9.97 Å². The molecule has 1 saturated heterocycles. The number of rotatable bonds is 1. The van der Waals surface area contributed by atoms with E-state index in [4.69, 9.17) is 27.9 Å². The van der Waals surface area contributed by atoms with Gasteiger partial charge in [0.1, 0.15) is 16.1 Å². The van der Waals surface area contributed by atoms with E-state index in [1.54, 1.807) is 0 Å². The fourth-order valence-electron chi connectivity index (χ4n) is 1.62. The predicted octanol–water partition coefficient (Wildman–Crippen LogP) is 2.99.